The first kappa shape index (κ1) is 12.5. The van der Waals surface area contributed by atoms with E-state index < -0.39 is 12.1 Å². The van der Waals surface area contributed by atoms with E-state index in [0.717, 1.165) is 0 Å². The van der Waals surface area contributed by atoms with Gasteiger partial charge in [-0.15, -0.1) is 11.8 Å². The van der Waals surface area contributed by atoms with E-state index >= 15 is 0 Å². The summed E-state index contributed by atoms with van der Waals surface area (Å²) in [5.74, 6) is -0.584. The van der Waals surface area contributed by atoms with Crippen LogP contribution < -0.4 is 0 Å². The number of thioether (sulfide) groups is 1. The van der Waals surface area contributed by atoms with Gasteiger partial charge in [0.2, 0.25) is 5.95 Å². The second-order valence-corrected chi connectivity index (χ2v) is 6.27. The molecular formula is C11H16FNOS. The first-order valence-corrected chi connectivity index (χ1v) is 5.65. The molecule has 84 valence electrons. The summed E-state index contributed by atoms with van der Waals surface area (Å²) < 4.78 is 13.4. The van der Waals surface area contributed by atoms with Crippen molar-refractivity contribution < 1.29 is 9.50 Å². The highest BCUT2D eigenvalue weighted by Crippen LogP contribution is 2.31. The van der Waals surface area contributed by atoms with Crippen LogP contribution in [0.5, 0.6) is 0 Å². The molecule has 1 atom stereocenters. The van der Waals surface area contributed by atoms with Crippen molar-refractivity contribution in [1.82, 2.24) is 4.98 Å². The SMILES string of the molecule is CC(O)c1ccc(SC(C)(C)C)nc1F. The highest BCUT2D eigenvalue weighted by molar-refractivity contribution is 8.00. The topological polar surface area (TPSA) is 33.1 Å². The number of halogens is 1. The Hall–Kier alpha value is -0.610. The molecule has 1 aromatic rings. The molecule has 0 aliphatic rings. The van der Waals surface area contributed by atoms with Crippen molar-refractivity contribution in [3.05, 3.63) is 23.6 Å². The second-order valence-electron chi connectivity index (χ2n) is 4.42. The van der Waals surface area contributed by atoms with Crippen LogP contribution >= 0.6 is 11.8 Å². The molecular weight excluding hydrogens is 213 g/mol. The molecule has 0 saturated carbocycles. The van der Waals surface area contributed by atoms with Gasteiger partial charge in [0.1, 0.15) is 0 Å². The summed E-state index contributed by atoms with van der Waals surface area (Å²) in [5.41, 5.74) is 0.244. The number of aliphatic hydroxyl groups is 1. The zero-order chi connectivity index (χ0) is 11.6. The Morgan fingerprint density at radius 2 is 2.00 bits per heavy atom. The van der Waals surface area contributed by atoms with E-state index in [1.54, 1.807) is 12.1 Å². The van der Waals surface area contributed by atoms with E-state index in [4.69, 9.17) is 0 Å². The molecule has 0 radical (unpaired) electrons. The van der Waals surface area contributed by atoms with Gasteiger partial charge in [-0.25, -0.2) is 4.98 Å². The van der Waals surface area contributed by atoms with Crippen LogP contribution in [0.15, 0.2) is 17.2 Å². The Labute approximate surface area is 93.9 Å². The lowest BCUT2D eigenvalue weighted by Crippen LogP contribution is -2.08. The summed E-state index contributed by atoms with van der Waals surface area (Å²) in [6.45, 7) is 7.65. The number of aromatic nitrogens is 1. The zero-order valence-corrected chi connectivity index (χ0v) is 10.2. The largest absolute Gasteiger partial charge is 0.389 e. The lowest BCUT2D eigenvalue weighted by atomic mass is 10.2. The minimum atomic E-state index is -0.814. The maximum Gasteiger partial charge on any atom is 0.219 e. The van der Waals surface area contributed by atoms with Gasteiger partial charge in [0.25, 0.3) is 0 Å². The van der Waals surface area contributed by atoms with Crippen molar-refractivity contribution in [2.45, 2.75) is 43.6 Å². The summed E-state index contributed by atoms with van der Waals surface area (Å²) in [5, 5.41) is 9.88. The summed E-state index contributed by atoms with van der Waals surface area (Å²) in [6.07, 6.45) is -0.814. The Bertz CT molecular complexity index is 347. The number of pyridine rings is 1. The van der Waals surface area contributed by atoms with Crippen molar-refractivity contribution in [2.24, 2.45) is 0 Å². The average Bonchev–Trinajstić information content (AvgIpc) is 1.99. The van der Waals surface area contributed by atoms with Crippen LogP contribution in [0.2, 0.25) is 0 Å². The Kier molecular flexibility index (Phi) is 3.73. The molecule has 0 spiro atoms. The molecule has 0 aliphatic heterocycles. The number of hydrogen-bond acceptors (Lipinski definition) is 3. The van der Waals surface area contributed by atoms with Gasteiger partial charge >= 0.3 is 0 Å². The van der Waals surface area contributed by atoms with Crippen molar-refractivity contribution in [1.29, 1.82) is 0 Å². The van der Waals surface area contributed by atoms with Gasteiger partial charge in [-0.05, 0) is 19.1 Å². The fraction of sp³-hybridized carbons (Fsp3) is 0.545. The van der Waals surface area contributed by atoms with Crippen molar-refractivity contribution >= 4 is 11.8 Å². The van der Waals surface area contributed by atoms with Gasteiger partial charge in [0.05, 0.1) is 11.1 Å². The molecule has 15 heavy (non-hydrogen) atoms. The normalized spacial score (nSPS) is 14.0. The predicted molar refractivity (Wildman–Crippen MR) is 60.4 cm³/mol. The van der Waals surface area contributed by atoms with E-state index in [1.807, 2.05) is 20.8 Å². The zero-order valence-electron chi connectivity index (χ0n) is 9.41. The molecule has 0 saturated heterocycles. The quantitative estimate of drug-likeness (QED) is 0.624. The van der Waals surface area contributed by atoms with Crippen molar-refractivity contribution in [2.75, 3.05) is 0 Å². The molecule has 0 fully saturated rings. The van der Waals surface area contributed by atoms with E-state index in [0.29, 0.717) is 5.03 Å². The van der Waals surface area contributed by atoms with Gasteiger partial charge in [-0.3, -0.25) is 0 Å². The number of aliphatic hydroxyl groups excluding tert-OH is 1. The lowest BCUT2D eigenvalue weighted by Gasteiger charge is -2.17. The first-order chi connectivity index (χ1) is 6.79. The molecule has 1 heterocycles. The molecule has 4 heteroatoms. The van der Waals surface area contributed by atoms with E-state index in [2.05, 4.69) is 4.98 Å². The van der Waals surface area contributed by atoms with E-state index in [9.17, 15) is 9.50 Å². The number of nitrogens with zero attached hydrogens (tertiary/aromatic N) is 1. The molecule has 0 aliphatic carbocycles. The molecule has 0 amide bonds. The van der Waals surface area contributed by atoms with E-state index in [-0.39, 0.29) is 10.3 Å². The highest BCUT2D eigenvalue weighted by Gasteiger charge is 2.15. The Morgan fingerprint density at radius 1 is 1.40 bits per heavy atom. The minimum absolute atomic E-state index is 0.00574. The van der Waals surface area contributed by atoms with Crippen LogP contribution in [0.3, 0.4) is 0 Å². The van der Waals surface area contributed by atoms with Crippen LogP contribution in [0.25, 0.3) is 0 Å². The third-order valence-corrected chi connectivity index (χ3v) is 2.76. The fourth-order valence-corrected chi connectivity index (χ4v) is 2.00. The monoisotopic (exact) mass is 229 g/mol. The van der Waals surface area contributed by atoms with Gasteiger partial charge in [-0.2, -0.15) is 4.39 Å². The Balaban J connectivity index is 2.92. The van der Waals surface area contributed by atoms with Crippen LogP contribution in [-0.2, 0) is 0 Å². The van der Waals surface area contributed by atoms with Gasteiger partial charge in [0, 0.05) is 10.3 Å². The fourth-order valence-electron chi connectivity index (χ4n) is 1.11. The maximum atomic E-state index is 13.4. The average molecular weight is 229 g/mol. The van der Waals surface area contributed by atoms with Crippen LogP contribution in [0, 0.1) is 5.95 Å². The third kappa shape index (κ3) is 3.80. The molecule has 1 N–H and O–H groups in total. The van der Waals surface area contributed by atoms with Crippen molar-refractivity contribution in [3.8, 4) is 0 Å². The molecule has 0 bridgehead atoms. The lowest BCUT2D eigenvalue weighted by molar-refractivity contribution is 0.192. The maximum absolute atomic E-state index is 13.4. The molecule has 2 nitrogen and oxygen atoms in total. The highest BCUT2D eigenvalue weighted by atomic mass is 32.2. The van der Waals surface area contributed by atoms with E-state index in [1.165, 1.54) is 18.7 Å². The van der Waals surface area contributed by atoms with Crippen molar-refractivity contribution in [3.63, 3.8) is 0 Å². The van der Waals surface area contributed by atoms with Gasteiger partial charge < -0.3 is 5.11 Å². The summed E-state index contributed by atoms with van der Waals surface area (Å²) >= 11 is 1.50. The Morgan fingerprint density at radius 3 is 2.40 bits per heavy atom. The van der Waals surface area contributed by atoms with Gasteiger partial charge in [0.15, 0.2) is 0 Å². The minimum Gasteiger partial charge on any atom is -0.389 e. The van der Waals surface area contributed by atoms with Crippen LogP contribution in [-0.4, -0.2) is 14.8 Å². The van der Waals surface area contributed by atoms with Crippen LogP contribution in [0.4, 0.5) is 4.39 Å². The predicted octanol–water partition coefficient (Wildman–Crippen LogP) is 3.16. The second kappa shape index (κ2) is 4.49. The first-order valence-electron chi connectivity index (χ1n) is 4.83. The molecule has 1 aromatic heterocycles. The van der Waals surface area contributed by atoms with Crippen LogP contribution in [0.1, 0.15) is 39.4 Å². The summed E-state index contributed by atoms with van der Waals surface area (Å²) in [7, 11) is 0. The standard InChI is InChI=1S/C11H16FNOS/c1-7(14)8-5-6-9(13-10(8)12)15-11(2,3)4/h5-7,14H,1-4H3. The molecule has 1 rings (SSSR count). The third-order valence-electron chi connectivity index (χ3n) is 1.71. The number of rotatable bonds is 2. The molecule has 1 unspecified atom stereocenters. The smallest absolute Gasteiger partial charge is 0.219 e. The van der Waals surface area contributed by atoms with Gasteiger partial charge in [-0.1, -0.05) is 20.8 Å². The molecule has 0 aromatic carbocycles. The summed E-state index contributed by atoms with van der Waals surface area (Å²) in [6, 6.07) is 3.32. The summed E-state index contributed by atoms with van der Waals surface area (Å²) in [4.78, 5) is 3.82. The number of hydrogen-bond donors (Lipinski definition) is 1.